The molecule has 0 saturated heterocycles. The van der Waals surface area contributed by atoms with Gasteiger partial charge >= 0.3 is 0 Å². The highest BCUT2D eigenvalue weighted by atomic mass is 19.1. The van der Waals surface area contributed by atoms with Crippen molar-refractivity contribution in [3.05, 3.63) is 65.2 Å². The van der Waals surface area contributed by atoms with E-state index in [0.29, 0.717) is 19.2 Å². The monoisotopic (exact) mass is 303 g/mol. The Morgan fingerprint density at radius 1 is 1.23 bits per heavy atom. The smallest absolute Gasteiger partial charge is 0.254 e. The first-order valence-corrected chi connectivity index (χ1v) is 7.07. The number of rotatable bonds is 3. The minimum atomic E-state index is -0.859. The summed E-state index contributed by atoms with van der Waals surface area (Å²) < 4.78 is 32.0. The van der Waals surface area contributed by atoms with Gasteiger partial charge in [-0.2, -0.15) is 0 Å². The van der Waals surface area contributed by atoms with Crippen LogP contribution in [0.5, 0.6) is 5.75 Å². The number of nitrogens with one attached hydrogen (secondary N) is 1. The molecule has 0 saturated carbocycles. The predicted octanol–water partition coefficient (Wildman–Crippen LogP) is 2.95. The summed E-state index contributed by atoms with van der Waals surface area (Å²) in [6, 6.07) is 10.7. The molecule has 2 aromatic rings. The van der Waals surface area contributed by atoms with Crippen molar-refractivity contribution in [3.8, 4) is 5.75 Å². The molecular formula is C17H15F2NO2. The van der Waals surface area contributed by atoms with Crippen molar-refractivity contribution >= 4 is 5.91 Å². The molecule has 0 radical (unpaired) electrons. The van der Waals surface area contributed by atoms with Crippen LogP contribution < -0.4 is 10.1 Å². The highest BCUT2D eigenvalue weighted by Crippen LogP contribution is 2.26. The Bertz CT molecular complexity index is 703. The van der Waals surface area contributed by atoms with Crippen LogP contribution in [-0.4, -0.2) is 19.1 Å². The fourth-order valence-corrected chi connectivity index (χ4v) is 2.53. The van der Waals surface area contributed by atoms with Crippen LogP contribution in [0.25, 0.3) is 0 Å². The maximum absolute atomic E-state index is 13.5. The van der Waals surface area contributed by atoms with Crippen LogP contribution in [0.15, 0.2) is 42.5 Å². The highest BCUT2D eigenvalue weighted by molar-refractivity contribution is 5.94. The molecule has 0 aliphatic carbocycles. The first-order chi connectivity index (χ1) is 10.6. The number of fused-ring (bicyclic) bond motifs is 1. The molecule has 0 fully saturated rings. The number of para-hydroxylation sites is 1. The lowest BCUT2D eigenvalue weighted by molar-refractivity contribution is 0.0935. The molecule has 1 unspecified atom stereocenters. The molecule has 22 heavy (non-hydrogen) atoms. The molecule has 5 heteroatoms. The summed E-state index contributed by atoms with van der Waals surface area (Å²) in [6.45, 7) is 0.882. The number of halogens is 2. The Morgan fingerprint density at radius 3 is 2.86 bits per heavy atom. The van der Waals surface area contributed by atoms with Crippen molar-refractivity contribution < 1.29 is 18.3 Å². The van der Waals surface area contributed by atoms with E-state index < -0.39 is 17.5 Å². The number of carbonyl (C=O) groups excluding carboxylic acids is 1. The van der Waals surface area contributed by atoms with Crippen molar-refractivity contribution in [1.29, 1.82) is 0 Å². The zero-order valence-corrected chi connectivity index (χ0v) is 11.8. The minimum Gasteiger partial charge on any atom is -0.493 e. The Balaban J connectivity index is 1.60. The van der Waals surface area contributed by atoms with Gasteiger partial charge in [0.15, 0.2) is 0 Å². The summed E-state index contributed by atoms with van der Waals surface area (Å²) in [6.07, 6.45) is 0.794. The number of benzene rings is 2. The quantitative estimate of drug-likeness (QED) is 0.947. The normalized spacial score (nSPS) is 16.5. The third-order valence-electron chi connectivity index (χ3n) is 3.68. The fraction of sp³-hybridized carbons (Fsp3) is 0.235. The van der Waals surface area contributed by atoms with E-state index in [9.17, 15) is 13.6 Å². The average molecular weight is 303 g/mol. The molecule has 0 spiro atoms. The second-order valence-corrected chi connectivity index (χ2v) is 5.32. The maximum atomic E-state index is 13.5. The first-order valence-electron chi connectivity index (χ1n) is 7.07. The molecule has 1 aliphatic heterocycles. The fourth-order valence-electron chi connectivity index (χ4n) is 2.53. The van der Waals surface area contributed by atoms with E-state index in [1.54, 1.807) is 0 Å². The lowest BCUT2D eigenvalue weighted by Gasteiger charge is -2.25. The van der Waals surface area contributed by atoms with E-state index in [-0.39, 0.29) is 11.5 Å². The second kappa shape index (κ2) is 6.13. The van der Waals surface area contributed by atoms with Gasteiger partial charge in [0, 0.05) is 18.5 Å². The van der Waals surface area contributed by atoms with Gasteiger partial charge in [-0.05, 0) is 30.2 Å². The summed E-state index contributed by atoms with van der Waals surface area (Å²) in [5.74, 6) is -1.11. The summed E-state index contributed by atoms with van der Waals surface area (Å²) in [7, 11) is 0. The summed E-state index contributed by atoms with van der Waals surface area (Å²) in [5, 5.41) is 2.68. The van der Waals surface area contributed by atoms with Crippen molar-refractivity contribution in [1.82, 2.24) is 5.32 Å². The second-order valence-electron chi connectivity index (χ2n) is 5.32. The van der Waals surface area contributed by atoms with E-state index in [0.717, 1.165) is 29.9 Å². The van der Waals surface area contributed by atoms with Gasteiger partial charge < -0.3 is 10.1 Å². The lowest BCUT2D eigenvalue weighted by Crippen LogP contribution is -2.35. The Kier molecular flexibility index (Phi) is 4.04. The van der Waals surface area contributed by atoms with E-state index in [2.05, 4.69) is 5.32 Å². The third-order valence-corrected chi connectivity index (χ3v) is 3.68. The van der Waals surface area contributed by atoms with Crippen LogP contribution in [-0.2, 0) is 6.42 Å². The molecule has 0 aromatic heterocycles. The Hall–Kier alpha value is -2.43. The summed E-state index contributed by atoms with van der Waals surface area (Å²) in [5.41, 5.74) is 0.944. The number of amides is 1. The average Bonchev–Trinajstić information content (AvgIpc) is 2.52. The molecule has 0 bridgehead atoms. The minimum absolute atomic E-state index is 0.127. The summed E-state index contributed by atoms with van der Waals surface area (Å²) >= 11 is 0. The Labute approximate surface area is 126 Å². The van der Waals surface area contributed by atoms with Gasteiger partial charge in [-0.25, -0.2) is 8.78 Å². The van der Waals surface area contributed by atoms with Crippen molar-refractivity contribution in [2.75, 3.05) is 13.2 Å². The van der Waals surface area contributed by atoms with Gasteiger partial charge in [0.25, 0.3) is 5.91 Å². The molecule has 1 N–H and O–H groups in total. The standard InChI is InChI=1S/C17H15F2NO2/c18-13-5-6-14(15(19)8-13)17(21)20-9-11-7-12-3-1-2-4-16(12)22-10-11/h1-6,8,11H,7,9-10H2,(H,20,21). The Morgan fingerprint density at radius 2 is 2.05 bits per heavy atom. The molecule has 1 aliphatic rings. The SMILES string of the molecule is O=C(NCC1COc2ccccc2C1)c1ccc(F)cc1F. The molecule has 3 rings (SSSR count). The number of hydrogen-bond donors (Lipinski definition) is 1. The van der Waals surface area contributed by atoms with Crippen molar-refractivity contribution in [3.63, 3.8) is 0 Å². The van der Waals surface area contributed by atoms with Crippen molar-refractivity contribution in [2.24, 2.45) is 5.92 Å². The van der Waals surface area contributed by atoms with Crippen LogP contribution in [0.4, 0.5) is 8.78 Å². The van der Waals surface area contributed by atoms with Gasteiger partial charge in [-0.3, -0.25) is 4.79 Å². The first kappa shape index (κ1) is 14.5. The van der Waals surface area contributed by atoms with Crippen LogP contribution in [0.3, 0.4) is 0 Å². The van der Waals surface area contributed by atoms with E-state index in [4.69, 9.17) is 4.74 Å². The number of ether oxygens (including phenoxy) is 1. The largest absolute Gasteiger partial charge is 0.493 e. The van der Waals surface area contributed by atoms with E-state index in [1.807, 2.05) is 24.3 Å². The van der Waals surface area contributed by atoms with Crippen LogP contribution in [0, 0.1) is 17.6 Å². The molecule has 114 valence electrons. The van der Waals surface area contributed by atoms with Crippen LogP contribution in [0.2, 0.25) is 0 Å². The van der Waals surface area contributed by atoms with Crippen LogP contribution >= 0.6 is 0 Å². The highest BCUT2D eigenvalue weighted by Gasteiger charge is 2.21. The van der Waals surface area contributed by atoms with Gasteiger partial charge in [0.1, 0.15) is 17.4 Å². The number of carbonyl (C=O) groups is 1. The topological polar surface area (TPSA) is 38.3 Å². The number of hydrogen-bond acceptors (Lipinski definition) is 2. The molecule has 3 nitrogen and oxygen atoms in total. The van der Waals surface area contributed by atoms with Crippen molar-refractivity contribution in [2.45, 2.75) is 6.42 Å². The van der Waals surface area contributed by atoms with Gasteiger partial charge in [-0.1, -0.05) is 18.2 Å². The molecule has 2 aromatic carbocycles. The van der Waals surface area contributed by atoms with E-state index in [1.165, 1.54) is 0 Å². The molecular weight excluding hydrogens is 288 g/mol. The third kappa shape index (κ3) is 3.08. The van der Waals surface area contributed by atoms with Gasteiger partial charge in [0.2, 0.25) is 0 Å². The maximum Gasteiger partial charge on any atom is 0.254 e. The lowest BCUT2D eigenvalue weighted by atomic mass is 9.96. The van der Waals surface area contributed by atoms with Gasteiger partial charge in [-0.15, -0.1) is 0 Å². The van der Waals surface area contributed by atoms with Gasteiger partial charge in [0.05, 0.1) is 12.2 Å². The van der Waals surface area contributed by atoms with Crippen LogP contribution in [0.1, 0.15) is 15.9 Å². The predicted molar refractivity (Wildman–Crippen MR) is 77.8 cm³/mol. The van der Waals surface area contributed by atoms with E-state index >= 15 is 0 Å². The molecule has 1 amide bonds. The molecule has 1 atom stereocenters. The molecule has 1 heterocycles. The zero-order chi connectivity index (χ0) is 15.5. The zero-order valence-electron chi connectivity index (χ0n) is 11.8. The summed E-state index contributed by atoms with van der Waals surface area (Å²) in [4.78, 5) is 12.0.